The number of hydrogen-bond acceptors (Lipinski definition) is 6. The minimum atomic E-state index is -0.189. The second-order valence-corrected chi connectivity index (χ2v) is 10.5. The summed E-state index contributed by atoms with van der Waals surface area (Å²) in [6, 6.07) is 15.4. The van der Waals surface area contributed by atoms with E-state index in [1.807, 2.05) is 42.5 Å². The van der Waals surface area contributed by atoms with Gasteiger partial charge < -0.3 is 0 Å². The molecule has 0 radical (unpaired) electrons. The van der Waals surface area contributed by atoms with E-state index in [0.29, 0.717) is 17.0 Å². The number of thiazole rings is 1. The minimum Gasteiger partial charge on any atom is -0.274 e. The van der Waals surface area contributed by atoms with E-state index < -0.39 is 0 Å². The number of rotatable bonds is 4. The first-order valence-electron chi connectivity index (χ1n) is 10.2. The summed E-state index contributed by atoms with van der Waals surface area (Å²) < 4.78 is 1.85. The molecule has 2 aromatic carbocycles. The number of carbonyl (C=O) groups excluding carboxylic acids is 2. The van der Waals surface area contributed by atoms with E-state index in [9.17, 15) is 14.9 Å². The molecule has 0 unspecified atom stereocenters. The van der Waals surface area contributed by atoms with Gasteiger partial charge in [-0.2, -0.15) is 5.26 Å². The number of nitrogens with zero attached hydrogens (tertiary/aromatic N) is 3. The second kappa shape index (κ2) is 7.04. The molecule has 2 bridgehead atoms. The minimum absolute atomic E-state index is 0.0570. The number of nitriles is 1. The standard InChI is InChI=1S/C24H17N3O2S2/c25-11-15-3-1-2-4-16(15)12-30-24-26-18-8-7-17(10-19(18)31-24)27-22(28)20-13-5-6-14(9-13)21(20)23(27)29/h1-8,10,13-14,20-21H,9,12H2/t13-,14-,20-,21+/m0/s1. The third-order valence-electron chi connectivity index (χ3n) is 6.57. The van der Waals surface area contributed by atoms with Crippen molar-refractivity contribution in [2.24, 2.45) is 23.7 Å². The van der Waals surface area contributed by atoms with E-state index in [1.54, 1.807) is 23.1 Å². The lowest BCUT2D eigenvalue weighted by Crippen LogP contribution is -2.32. The van der Waals surface area contributed by atoms with Gasteiger partial charge in [-0.25, -0.2) is 9.88 Å². The predicted molar refractivity (Wildman–Crippen MR) is 121 cm³/mol. The zero-order valence-corrected chi connectivity index (χ0v) is 18.0. The van der Waals surface area contributed by atoms with E-state index in [-0.39, 0.29) is 35.5 Å². The van der Waals surface area contributed by atoms with Crippen LogP contribution in [-0.4, -0.2) is 16.8 Å². The molecule has 1 saturated carbocycles. The number of thioether (sulfide) groups is 1. The van der Waals surface area contributed by atoms with Gasteiger partial charge in [-0.3, -0.25) is 9.59 Å². The molecule has 2 fully saturated rings. The summed E-state index contributed by atoms with van der Waals surface area (Å²) in [5.74, 6) is 0.595. The van der Waals surface area contributed by atoms with Crippen LogP contribution in [0.5, 0.6) is 0 Å². The van der Waals surface area contributed by atoms with Crippen molar-refractivity contribution in [3.63, 3.8) is 0 Å². The highest BCUT2D eigenvalue weighted by atomic mass is 32.2. The van der Waals surface area contributed by atoms with Gasteiger partial charge >= 0.3 is 0 Å². The van der Waals surface area contributed by atoms with Crippen LogP contribution in [0.2, 0.25) is 0 Å². The third-order valence-corrected chi connectivity index (χ3v) is 8.78. The van der Waals surface area contributed by atoms with Gasteiger partial charge in [-0.15, -0.1) is 11.3 Å². The molecule has 2 aliphatic carbocycles. The Labute approximate surface area is 187 Å². The summed E-state index contributed by atoms with van der Waals surface area (Å²) in [7, 11) is 0. The topological polar surface area (TPSA) is 74.1 Å². The molecule has 1 aromatic heterocycles. The molecule has 3 aliphatic rings. The van der Waals surface area contributed by atoms with E-state index >= 15 is 0 Å². The maximum Gasteiger partial charge on any atom is 0.238 e. The van der Waals surface area contributed by atoms with Crippen molar-refractivity contribution in [2.45, 2.75) is 16.5 Å². The van der Waals surface area contributed by atoms with Crippen molar-refractivity contribution in [3.05, 3.63) is 65.7 Å². The van der Waals surface area contributed by atoms with Gasteiger partial charge in [0.05, 0.1) is 39.4 Å². The molecule has 2 amide bonds. The normalized spacial score (nSPS) is 26.1. The van der Waals surface area contributed by atoms with E-state index in [4.69, 9.17) is 0 Å². The van der Waals surface area contributed by atoms with Crippen molar-refractivity contribution in [3.8, 4) is 6.07 Å². The molecule has 4 atom stereocenters. The van der Waals surface area contributed by atoms with E-state index in [1.165, 1.54) is 4.90 Å². The number of fused-ring (bicyclic) bond motifs is 6. The molecule has 2 heterocycles. The number of imide groups is 1. The Hall–Kier alpha value is -2.95. The maximum atomic E-state index is 13.1. The molecule has 1 saturated heterocycles. The van der Waals surface area contributed by atoms with Crippen molar-refractivity contribution >= 4 is 50.8 Å². The smallest absolute Gasteiger partial charge is 0.238 e. The quantitative estimate of drug-likeness (QED) is 0.330. The van der Waals surface area contributed by atoms with Crippen molar-refractivity contribution < 1.29 is 9.59 Å². The zero-order valence-electron chi connectivity index (χ0n) is 16.4. The number of anilines is 1. The molecule has 1 aliphatic heterocycles. The summed E-state index contributed by atoms with van der Waals surface area (Å²) in [4.78, 5) is 32.2. The predicted octanol–water partition coefficient (Wildman–Crippen LogP) is 4.77. The first-order valence-corrected chi connectivity index (χ1v) is 12.0. The van der Waals surface area contributed by atoms with Crippen LogP contribution in [0, 0.1) is 35.0 Å². The summed E-state index contributed by atoms with van der Waals surface area (Å²) in [5.41, 5.74) is 3.16. The number of carbonyl (C=O) groups is 2. The van der Waals surface area contributed by atoms with Crippen LogP contribution >= 0.6 is 23.1 Å². The Kier molecular flexibility index (Phi) is 4.27. The average Bonchev–Trinajstić information content (AvgIpc) is 3.55. The van der Waals surface area contributed by atoms with Gasteiger partial charge in [0.25, 0.3) is 0 Å². The molecule has 0 N–H and O–H groups in total. The molecular formula is C24H17N3O2S2. The fourth-order valence-corrected chi connectivity index (χ4v) is 7.25. The lowest BCUT2D eigenvalue weighted by Gasteiger charge is -2.17. The maximum absolute atomic E-state index is 13.1. The second-order valence-electron chi connectivity index (χ2n) is 8.20. The molecular weight excluding hydrogens is 426 g/mol. The fourth-order valence-electron chi connectivity index (χ4n) is 5.14. The highest BCUT2D eigenvalue weighted by Crippen LogP contribution is 2.53. The lowest BCUT2D eigenvalue weighted by molar-refractivity contribution is -0.123. The first kappa shape index (κ1) is 18.8. The Balaban J connectivity index is 1.26. The van der Waals surface area contributed by atoms with Crippen LogP contribution in [0.1, 0.15) is 17.5 Å². The van der Waals surface area contributed by atoms with Gasteiger partial charge in [0.2, 0.25) is 11.8 Å². The third kappa shape index (κ3) is 2.86. The molecule has 7 heteroatoms. The summed E-state index contributed by atoms with van der Waals surface area (Å²) in [5, 5.41) is 9.27. The van der Waals surface area contributed by atoms with Crippen LogP contribution in [-0.2, 0) is 15.3 Å². The number of benzene rings is 2. The first-order chi connectivity index (χ1) is 15.1. The zero-order chi connectivity index (χ0) is 21.1. The number of allylic oxidation sites excluding steroid dienone is 2. The van der Waals surface area contributed by atoms with Crippen LogP contribution in [0.4, 0.5) is 5.69 Å². The van der Waals surface area contributed by atoms with Gasteiger partial charge in [0, 0.05) is 5.75 Å². The van der Waals surface area contributed by atoms with E-state index in [0.717, 1.165) is 26.5 Å². The van der Waals surface area contributed by atoms with Gasteiger partial charge in [0.1, 0.15) is 0 Å². The Morgan fingerprint density at radius 1 is 1.10 bits per heavy atom. The van der Waals surface area contributed by atoms with Crippen molar-refractivity contribution in [1.29, 1.82) is 5.26 Å². The summed E-state index contributed by atoms with van der Waals surface area (Å²) in [6.45, 7) is 0. The number of amides is 2. The van der Waals surface area contributed by atoms with E-state index in [2.05, 4.69) is 23.2 Å². The molecule has 31 heavy (non-hydrogen) atoms. The van der Waals surface area contributed by atoms with Crippen LogP contribution in [0.25, 0.3) is 10.2 Å². The van der Waals surface area contributed by atoms with Gasteiger partial charge in [-0.05, 0) is 48.1 Å². The highest BCUT2D eigenvalue weighted by molar-refractivity contribution is 8.00. The molecule has 152 valence electrons. The summed E-state index contributed by atoms with van der Waals surface area (Å²) >= 11 is 3.14. The lowest BCUT2D eigenvalue weighted by atomic mass is 9.85. The number of aromatic nitrogens is 1. The fraction of sp³-hybridized carbons (Fsp3) is 0.250. The van der Waals surface area contributed by atoms with Gasteiger partial charge in [0.15, 0.2) is 4.34 Å². The highest BCUT2D eigenvalue weighted by Gasteiger charge is 2.59. The molecule has 5 nitrogen and oxygen atoms in total. The van der Waals surface area contributed by atoms with Crippen LogP contribution in [0.15, 0.2) is 59.0 Å². The van der Waals surface area contributed by atoms with Crippen molar-refractivity contribution in [2.75, 3.05) is 4.90 Å². The Morgan fingerprint density at radius 3 is 2.58 bits per heavy atom. The Morgan fingerprint density at radius 2 is 1.84 bits per heavy atom. The number of hydrogen-bond donors (Lipinski definition) is 0. The SMILES string of the molecule is N#Cc1ccccc1CSc1nc2ccc(N3C(=O)[C@@H]4[C@H](C3=O)[C@H]3C=C[C@H]4C3)cc2s1. The largest absolute Gasteiger partial charge is 0.274 e. The molecule has 0 spiro atoms. The van der Waals surface area contributed by atoms with Gasteiger partial charge in [-0.1, -0.05) is 42.1 Å². The average molecular weight is 444 g/mol. The van der Waals surface area contributed by atoms with Crippen molar-refractivity contribution in [1.82, 2.24) is 4.98 Å². The monoisotopic (exact) mass is 443 g/mol. The van der Waals surface area contributed by atoms with Crippen LogP contribution in [0.3, 0.4) is 0 Å². The van der Waals surface area contributed by atoms with Crippen LogP contribution < -0.4 is 4.90 Å². The Bertz CT molecular complexity index is 1290. The molecule has 6 rings (SSSR count). The summed E-state index contributed by atoms with van der Waals surface area (Å²) in [6.07, 6.45) is 5.16. The molecule has 3 aromatic rings.